The number of para-hydroxylation sites is 3. The first-order valence-electron chi connectivity index (χ1n) is 12.0. The molecule has 2 aliphatic heterocycles. The lowest BCUT2D eigenvalue weighted by Crippen LogP contribution is -2.55. The Morgan fingerprint density at radius 3 is 2.39 bits per heavy atom. The number of fused-ring (bicyclic) bond motifs is 2. The van der Waals surface area contributed by atoms with E-state index in [0.717, 1.165) is 16.7 Å². The van der Waals surface area contributed by atoms with E-state index in [9.17, 15) is 9.59 Å². The molecule has 0 spiro atoms. The van der Waals surface area contributed by atoms with Gasteiger partial charge in [0.05, 0.1) is 11.1 Å². The molecule has 4 aromatic rings. The standard InChI is InChI=1S/C28H25N3O5/c1-18-10-11-23(35-18)22-16-20(19-6-2-3-7-21(19)29-22)27(32)30-12-14-31(15-13-30)28(33)26-17-34-24-8-4-5-9-25(24)36-26/h2-11,16,26H,12-15,17H2,1H3/t26-/m1/s1. The van der Waals surface area contributed by atoms with Crippen LogP contribution >= 0.6 is 0 Å². The van der Waals surface area contributed by atoms with E-state index >= 15 is 0 Å². The van der Waals surface area contributed by atoms with Crippen molar-refractivity contribution in [3.8, 4) is 23.0 Å². The molecule has 2 aromatic carbocycles. The van der Waals surface area contributed by atoms with Crippen molar-refractivity contribution in [1.29, 1.82) is 0 Å². The maximum absolute atomic E-state index is 13.6. The van der Waals surface area contributed by atoms with Crippen molar-refractivity contribution in [2.75, 3.05) is 32.8 Å². The minimum absolute atomic E-state index is 0.0867. The fourth-order valence-electron chi connectivity index (χ4n) is 4.70. The summed E-state index contributed by atoms with van der Waals surface area (Å²) in [6.07, 6.45) is -0.689. The number of furan rings is 1. The number of rotatable bonds is 3. The summed E-state index contributed by atoms with van der Waals surface area (Å²) in [6, 6.07) is 20.5. The minimum atomic E-state index is -0.689. The van der Waals surface area contributed by atoms with Gasteiger partial charge in [-0.25, -0.2) is 4.98 Å². The molecule has 0 aliphatic carbocycles. The highest BCUT2D eigenvalue weighted by molar-refractivity contribution is 6.07. The van der Waals surface area contributed by atoms with Gasteiger partial charge in [-0.1, -0.05) is 30.3 Å². The molecule has 0 bridgehead atoms. The van der Waals surface area contributed by atoms with Gasteiger partial charge in [-0.2, -0.15) is 0 Å². The molecule has 2 aromatic heterocycles. The summed E-state index contributed by atoms with van der Waals surface area (Å²) < 4.78 is 17.4. The van der Waals surface area contributed by atoms with Crippen LogP contribution in [0.1, 0.15) is 16.1 Å². The Hall–Kier alpha value is -4.33. The summed E-state index contributed by atoms with van der Waals surface area (Å²) in [5.41, 5.74) is 1.93. The van der Waals surface area contributed by atoms with Crippen molar-refractivity contribution in [2.24, 2.45) is 0 Å². The molecule has 2 amide bonds. The third-order valence-electron chi connectivity index (χ3n) is 6.60. The number of amides is 2. The van der Waals surface area contributed by atoms with Crippen LogP contribution in [0.3, 0.4) is 0 Å². The van der Waals surface area contributed by atoms with Crippen LogP contribution in [0.15, 0.2) is 71.1 Å². The van der Waals surface area contributed by atoms with Crippen molar-refractivity contribution < 1.29 is 23.5 Å². The Kier molecular flexibility index (Phi) is 5.56. The molecule has 182 valence electrons. The number of ether oxygens (including phenoxy) is 2. The first-order valence-corrected chi connectivity index (χ1v) is 12.0. The number of aryl methyl sites for hydroxylation is 1. The Labute approximate surface area is 208 Å². The van der Waals surface area contributed by atoms with E-state index in [-0.39, 0.29) is 18.4 Å². The summed E-state index contributed by atoms with van der Waals surface area (Å²) in [5.74, 6) is 2.41. The normalized spacial score (nSPS) is 17.3. The summed E-state index contributed by atoms with van der Waals surface area (Å²) >= 11 is 0. The van der Waals surface area contributed by atoms with Crippen molar-refractivity contribution in [3.63, 3.8) is 0 Å². The molecule has 0 saturated carbocycles. The van der Waals surface area contributed by atoms with Crippen LogP contribution in [-0.4, -0.2) is 65.5 Å². The molecule has 1 fully saturated rings. The molecule has 1 saturated heterocycles. The number of hydrogen-bond donors (Lipinski definition) is 0. The predicted octanol–water partition coefficient (Wildman–Crippen LogP) is 3.93. The molecule has 0 N–H and O–H groups in total. The average molecular weight is 484 g/mol. The molecule has 8 nitrogen and oxygen atoms in total. The van der Waals surface area contributed by atoms with E-state index in [0.29, 0.717) is 54.7 Å². The molecular formula is C28H25N3O5. The third-order valence-corrected chi connectivity index (χ3v) is 6.60. The van der Waals surface area contributed by atoms with Crippen molar-refractivity contribution in [2.45, 2.75) is 13.0 Å². The van der Waals surface area contributed by atoms with Crippen molar-refractivity contribution in [3.05, 3.63) is 78.1 Å². The fourth-order valence-corrected chi connectivity index (χ4v) is 4.70. The van der Waals surface area contributed by atoms with Crippen LogP contribution in [0.5, 0.6) is 11.5 Å². The highest BCUT2D eigenvalue weighted by atomic mass is 16.6. The zero-order valence-electron chi connectivity index (χ0n) is 19.8. The second kappa shape index (κ2) is 9.03. The van der Waals surface area contributed by atoms with Gasteiger partial charge >= 0.3 is 0 Å². The molecule has 0 radical (unpaired) electrons. The zero-order valence-corrected chi connectivity index (χ0v) is 19.8. The van der Waals surface area contributed by atoms with Gasteiger partial charge in [-0.15, -0.1) is 0 Å². The number of benzene rings is 2. The van der Waals surface area contributed by atoms with Crippen molar-refractivity contribution >= 4 is 22.7 Å². The van der Waals surface area contributed by atoms with E-state index in [2.05, 4.69) is 0 Å². The van der Waals surface area contributed by atoms with Gasteiger partial charge in [-0.05, 0) is 43.3 Å². The smallest absolute Gasteiger partial charge is 0.267 e. The number of nitrogens with zero attached hydrogens (tertiary/aromatic N) is 3. The first-order chi connectivity index (χ1) is 17.6. The molecule has 1 atom stereocenters. The van der Waals surface area contributed by atoms with Gasteiger partial charge in [0.1, 0.15) is 18.1 Å². The quantitative estimate of drug-likeness (QED) is 0.439. The second-order valence-electron chi connectivity index (χ2n) is 8.96. The van der Waals surface area contributed by atoms with Crippen LogP contribution in [0, 0.1) is 6.92 Å². The number of hydrogen-bond acceptors (Lipinski definition) is 6. The Morgan fingerprint density at radius 2 is 1.61 bits per heavy atom. The molecule has 8 heteroatoms. The third kappa shape index (κ3) is 4.04. The highest BCUT2D eigenvalue weighted by Gasteiger charge is 2.34. The molecule has 6 rings (SSSR count). The predicted molar refractivity (Wildman–Crippen MR) is 133 cm³/mol. The van der Waals surface area contributed by atoms with Crippen LogP contribution in [-0.2, 0) is 4.79 Å². The number of aromatic nitrogens is 1. The summed E-state index contributed by atoms with van der Waals surface area (Å²) in [7, 11) is 0. The maximum Gasteiger partial charge on any atom is 0.267 e. The largest absolute Gasteiger partial charge is 0.485 e. The number of piperazine rings is 1. The van der Waals surface area contributed by atoms with Crippen LogP contribution in [0.4, 0.5) is 0 Å². The van der Waals surface area contributed by atoms with E-state index in [1.807, 2.05) is 61.5 Å². The number of carbonyl (C=O) groups is 2. The Bertz CT molecular complexity index is 1450. The lowest BCUT2D eigenvalue weighted by Gasteiger charge is -2.37. The lowest BCUT2D eigenvalue weighted by molar-refractivity contribution is -0.142. The summed E-state index contributed by atoms with van der Waals surface area (Å²) in [4.78, 5) is 35.0. The topological polar surface area (TPSA) is 85.1 Å². The van der Waals surface area contributed by atoms with Crippen LogP contribution in [0.2, 0.25) is 0 Å². The van der Waals surface area contributed by atoms with E-state index in [1.165, 1.54) is 0 Å². The second-order valence-corrected chi connectivity index (χ2v) is 8.96. The minimum Gasteiger partial charge on any atom is -0.485 e. The van der Waals surface area contributed by atoms with Gasteiger partial charge in [0.25, 0.3) is 11.8 Å². The van der Waals surface area contributed by atoms with Gasteiger partial charge in [0.15, 0.2) is 17.3 Å². The SMILES string of the molecule is Cc1ccc(-c2cc(C(=O)N3CCN(C(=O)[C@H]4COc5ccccc5O4)CC3)c3ccccc3n2)o1. The molecule has 0 unspecified atom stereocenters. The Balaban J connectivity index is 1.18. The monoisotopic (exact) mass is 483 g/mol. The molecule has 36 heavy (non-hydrogen) atoms. The van der Waals surface area contributed by atoms with E-state index in [4.69, 9.17) is 18.9 Å². The van der Waals surface area contributed by atoms with Crippen LogP contribution < -0.4 is 9.47 Å². The number of pyridine rings is 1. The average Bonchev–Trinajstić information content (AvgIpc) is 3.37. The summed E-state index contributed by atoms with van der Waals surface area (Å²) in [6.45, 7) is 3.77. The van der Waals surface area contributed by atoms with Gasteiger partial charge < -0.3 is 23.7 Å². The van der Waals surface area contributed by atoms with Crippen LogP contribution in [0.25, 0.3) is 22.4 Å². The molecule has 2 aliphatic rings. The Morgan fingerprint density at radius 1 is 0.889 bits per heavy atom. The van der Waals surface area contributed by atoms with E-state index < -0.39 is 6.10 Å². The lowest BCUT2D eigenvalue weighted by atomic mass is 10.0. The van der Waals surface area contributed by atoms with Gasteiger partial charge in [-0.3, -0.25) is 9.59 Å². The molecule has 4 heterocycles. The highest BCUT2D eigenvalue weighted by Crippen LogP contribution is 2.32. The van der Waals surface area contributed by atoms with Gasteiger partial charge in [0, 0.05) is 31.6 Å². The number of carbonyl (C=O) groups excluding carboxylic acids is 2. The van der Waals surface area contributed by atoms with Gasteiger partial charge in [0.2, 0.25) is 6.10 Å². The maximum atomic E-state index is 13.6. The zero-order chi connectivity index (χ0) is 24.6. The van der Waals surface area contributed by atoms with Crippen molar-refractivity contribution in [1.82, 2.24) is 14.8 Å². The molecular weight excluding hydrogens is 458 g/mol. The first kappa shape index (κ1) is 22.2. The fraction of sp³-hybridized carbons (Fsp3) is 0.250. The summed E-state index contributed by atoms with van der Waals surface area (Å²) in [5, 5.41) is 0.791. The van der Waals surface area contributed by atoms with E-state index in [1.54, 1.807) is 21.9 Å².